The van der Waals surface area contributed by atoms with Crippen molar-refractivity contribution in [1.29, 1.82) is 0 Å². The SMILES string of the molecule is C=CCC1(c2ccccc2)C(=O)c2cc3ccccc3cc2C1=O. The highest BCUT2D eigenvalue weighted by Gasteiger charge is 2.53. The lowest BCUT2D eigenvalue weighted by Gasteiger charge is -2.24. The quantitative estimate of drug-likeness (QED) is 0.517. The molecular weight excluding hydrogens is 296 g/mol. The molecule has 0 saturated carbocycles. The third-order valence-corrected chi connectivity index (χ3v) is 4.87. The summed E-state index contributed by atoms with van der Waals surface area (Å²) in [5.74, 6) is -0.251. The summed E-state index contributed by atoms with van der Waals surface area (Å²) in [4.78, 5) is 26.6. The van der Waals surface area contributed by atoms with Crippen molar-refractivity contribution in [3.8, 4) is 0 Å². The minimum absolute atomic E-state index is 0.126. The summed E-state index contributed by atoms with van der Waals surface area (Å²) < 4.78 is 0. The first kappa shape index (κ1) is 14.6. The van der Waals surface area contributed by atoms with Crippen LogP contribution < -0.4 is 0 Å². The van der Waals surface area contributed by atoms with E-state index in [9.17, 15) is 9.59 Å². The van der Waals surface area contributed by atoms with E-state index in [0.29, 0.717) is 17.5 Å². The normalized spacial score (nSPS) is 15.5. The molecule has 2 nitrogen and oxygen atoms in total. The van der Waals surface area contributed by atoms with Gasteiger partial charge in [0.25, 0.3) is 0 Å². The molecule has 0 aliphatic heterocycles. The molecule has 0 saturated heterocycles. The number of allylic oxidation sites excluding steroid dienone is 1. The molecule has 1 aliphatic carbocycles. The zero-order chi connectivity index (χ0) is 16.7. The van der Waals surface area contributed by atoms with E-state index in [2.05, 4.69) is 6.58 Å². The molecule has 4 rings (SSSR count). The minimum Gasteiger partial charge on any atom is -0.293 e. The molecule has 24 heavy (non-hydrogen) atoms. The van der Waals surface area contributed by atoms with Gasteiger partial charge in [-0.25, -0.2) is 0 Å². The zero-order valence-electron chi connectivity index (χ0n) is 13.2. The average molecular weight is 312 g/mol. The van der Waals surface area contributed by atoms with E-state index in [0.717, 1.165) is 16.3 Å². The maximum absolute atomic E-state index is 13.3. The van der Waals surface area contributed by atoms with Crippen molar-refractivity contribution in [3.63, 3.8) is 0 Å². The molecule has 0 atom stereocenters. The number of ketones is 2. The van der Waals surface area contributed by atoms with Gasteiger partial charge in [0, 0.05) is 11.1 Å². The zero-order valence-corrected chi connectivity index (χ0v) is 13.2. The lowest BCUT2D eigenvalue weighted by molar-refractivity contribution is 0.0796. The summed E-state index contributed by atoms with van der Waals surface area (Å²) in [5, 5.41) is 1.94. The molecule has 0 fully saturated rings. The molecule has 0 radical (unpaired) electrons. The van der Waals surface area contributed by atoms with Crippen LogP contribution in [-0.4, -0.2) is 11.6 Å². The van der Waals surface area contributed by atoms with E-state index in [1.54, 1.807) is 6.08 Å². The van der Waals surface area contributed by atoms with E-state index in [4.69, 9.17) is 0 Å². The van der Waals surface area contributed by atoms with Gasteiger partial charge in [0.2, 0.25) is 0 Å². The average Bonchev–Trinajstić information content (AvgIpc) is 2.83. The number of benzene rings is 3. The van der Waals surface area contributed by atoms with Crippen LogP contribution >= 0.6 is 0 Å². The molecule has 0 unspecified atom stereocenters. The molecule has 0 heterocycles. The van der Waals surface area contributed by atoms with E-state index in [-0.39, 0.29) is 11.6 Å². The molecule has 0 N–H and O–H groups in total. The second-order valence-corrected chi connectivity index (χ2v) is 6.17. The van der Waals surface area contributed by atoms with E-state index in [1.165, 1.54) is 0 Å². The maximum atomic E-state index is 13.3. The Bertz CT molecular complexity index is 929. The Morgan fingerprint density at radius 3 is 1.79 bits per heavy atom. The number of hydrogen-bond donors (Lipinski definition) is 0. The van der Waals surface area contributed by atoms with E-state index < -0.39 is 5.41 Å². The molecule has 0 aromatic heterocycles. The van der Waals surface area contributed by atoms with Gasteiger partial charge in [-0.2, -0.15) is 0 Å². The lowest BCUT2D eigenvalue weighted by atomic mass is 9.73. The Kier molecular flexibility index (Phi) is 3.20. The molecule has 116 valence electrons. The third-order valence-electron chi connectivity index (χ3n) is 4.87. The third kappa shape index (κ3) is 1.83. The fourth-order valence-corrected chi connectivity index (χ4v) is 3.68. The standard InChI is InChI=1S/C22H16O2/c1-2-12-22(17-10-4-3-5-11-17)20(23)18-13-15-8-6-7-9-16(15)14-19(18)21(22)24/h2-11,13-14H,1,12H2. The van der Waals surface area contributed by atoms with Gasteiger partial charge < -0.3 is 0 Å². The number of Topliss-reactive ketones (excluding diaryl/α,β-unsaturated/α-hetero) is 2. The highest BCUT2D eigenvalue weighted by Crippen LogP contribution is 2.43. The van der Waals surface area contributed by atoms with E-state index >= 15 is 0 Å². The van der Waals surface area contributed by atoms with Gasteiger partial charge in [0.1, 0.15) is 5.41 Å². The predicted octanol–water partition coefficient (Wildman–Crippen LogP) is 4.73. The van der Waals surface area contributed by atoms with Crippen molar-refractivity contribution < 1.29 is 9.59 Å². The van der Waals surface area contributed by atoms with Gasteiger partial charge in [0.15, 0.2) is 11.6 Å². The molecule has 3 aromatic rings. The molecule has 0 amide bonds. The van der Waals surface area contributed by atoms with Gasteiger partial charge in [-0.1, -0.05) is 60.7 Å². The van der Waals surface area contributed by atoms with Crippen LogP contribution in [0.2, 0.25) is 0 Å². The van der Waals surface area contributed by atoms with Gasteiger partial charge in [-0.15, -0.1) is 6.58 Å². The molecule has 1 aliphatic rings. The summed E-state index contributed by atoms with van der Waals surface area (Å²) in [7, 11) is 0. The van der Waals surface area contributed by atoms with E-state index in [1.807, 2.05) is 66.7 Å². The van der Waals surface area contributed by atoms with Gasteiger partial charge >= 0.3 is 0 Å². The fourth-order valence-electron chi connectivity index (χ4n) is 3.68. The highest BCUT2D eigenvalue weighted by molar-refractivity contribution is 6.34. The maximum Gasteiger partial charge on any atom is 0.182 e. The first-order chi connectivity index (χ1) is 11.7. The van der Waals surface area contributed by atoms with Crippen LogP contribution in [0, 0.1) is 0 Å². The topological polar surface area (TPSA) is 34.1 Å². The number of hydrogen-bond acceptors (Lipinski definition) is 2. The van der Waals surface area contributed by atoms with Crippen molar-refractivity contribution in [2.24, 2.45) is 0 Å². The van der Waals surface area contributed by atoms with Crippen LogP contribution in [0.1, 0.15) is 32.7 Å². The highest BCUT2D eigenvalue weighted by atomic mass is 16.2. The largest absolute Gasteiger partial charge is 0.293 e. The van der Waals surface area contributed by atoms with Crippen LogP contribution in [0.4, 0.5) is 0 Å². The summed E-state index contributed by atoms with van der Waals surface area (Å²) in [6.07, 6.45) is 1.97. The van der Waals surface area contributed by atoms with Gasteiger partial charge in [-0.3, -0.25) is 9.59 Å². The molecular formula is C22H16O2. The monoisotopic (exact) mass is 312 g/mol. The van der Waals surface area contributed by atoms with Crippen molar-refractivity contribution in [2.45, 2.75) is 11.8 Å². The molecule has 0 spiro atoms. The second-order valence-electron chi connectivity index (χ2n) is 6.17. The number of carbonyl (C=O) groups is 2. The van der Waals surface area contributed by atoms with Crippen molar-refractivity contribution in [3.05, 3.63) is 96.1 Å². The number of fused-ring (bicyclic) bond motifs is 2. The number of carbonyl (C=O) groups excluding carboxylic acids is 2. The fraction of sp³-hybridized carbons (Fsp3) is 0.0909. The van der Waals surface area contributed by atoms with Gasteiger partial charge in [0.05, 0.1) is 0 Å². The van der Waals surface area contributed by atoms with Crippen molar-refractivity contribution in [1.82, 2.24) is 0 Å². The van der Waals surface area contributed by atoms with Gasteiger partial charge in [-0.05, 0) is 34.9 Å². The predicted molar refractivity (Wildman–Crippen MR) is 95.5 cm³/mol. The Morgan fingerprint density at radius 1 is 0.792 bits per heavy atom. The summed E-state index contributed by atoms with van der Waals surface area (Å²) in [5.41, 5.74) is 0.594. The summed E-state index contributed by atoms with van der Waals surface area (Å²) in [6, 6.07) is 20.8. The molecule has 2 heteroatoms. The molecule has 0 bridgehead atoms. The Labute approximate surface area is 140 Å². The number of rotatable bonds is 3. The summed E-state index contributed by atoms with van der Waals surface area (Å²) in [6.45, 7) is 3.78. The summed E-state index contributed by atoms with van der Waals surface area (Å²) >= 11 is 0. The Hall–Kier alpha value is -3.00. The van der Waals surface area contributed by atoms with Crippen molar-refractivity contribution >= 4 is 22.3 Å². The van der Waals surface area contributed by atoms with Crippen LogP contribution in [0.5, 0.6) is 0 Å². The smallest absolute Gasteiger partial charge is 0.182 e. The first-order valence-corrected chi connectivity index (χ1v) is 7.97. The first-order valence-electron chi connectivity index (χ1n) is 7.97. The Morgan fingerprint density at radius 2 is 1.29 bits per heavy atom. The molecule has 3 aromatic carbocycles. The van der Waals surface area contributed by atoms with Crippen molar-refractivity contribution in [2.75, 3.05) is 0 Å². The van der Waals surface area contributed by atoms with Crippen LogP contribution in [0.15, 0.2) is 79.4 Å². The van der Waals surface area contributed by atoms with Crippen LogP contribution in [0.25, 0.3) is 10.8 Å². The van der Waals surface area contributed by atoms with Crippen LogP contribution in [0.3, 0.4) is 0 Å². The Balaban J connectivity index is 2.00. The lowest BCUT2D eigenvalue weighted by Crippen LogP contribution is -2.37. The minimum atomic E-state index is -1.18. The second kappa shape index (κ2) is 5.27. The van der Waals surface area contributed by atoms with Crippen LogP contribution in [-0.2, 0) is 5.41 Å².